The molecular formula is C58H38N2O2S2. The average Bonchev–Trinajstić information content (AvgIpc) is 4.00. The smallest absolute Gasteiger partial charge is 0.124 e. The van der Waals surface area contributed by atoms with Crippen molar-refractivity contribution in [1.29, 1.82) is 0 Å². The lowest BCUT2D eigenvalue weighted by Gasteiger charge is -2.25. The molecule has 304 valence electrons. The van der Waals surface area contributed by atoms with E-state index in [4.69, 9.17) is 19.4 Å². The molecule has 0 unspecified atom stereocenters. The highest BCUT2D eigenvalue weighted by Crippen LogP contribution is 2.54. The SMILES string of the molecule is COc1ccc2nc(-c3ccc(-c4c5ccccc5c(-c5ccc(-c6nc7ccc(OC)cc7s6)cc5)c5c(-c6ccccc6)c6ccccc6c(-c6ccccc6)c45)cc3)sc2c1. The second kappa shape index (κ2) is 15.6. The highest BCUT2D eigenvalue weighted by Gasteiger charge is 2.26. The summed E-state index contributed by atoms with van der Waals surface area (Å²) < 4.78 is 13.3. The van der Waals surface area contributed by atoms with Gasteiger partial charge in [-0.15, -0.1) is 22.7 Å². The van der Waals surface area contributed by atoms with Crippen molar-refractivity contribution in [2.24, 2.45) is 0 Å². The first-order valence-corrected chi connectivity index (χ1v) is 22.9. The van der Waals surface area contributed by atoms with Crippen LogP contribution in [0.1, 0.15) is 0 Å². The van der Waals surface area contributed by atoms with Gasteiger partial charge in [-0.05, 0) is 113 Å². The first kappa shape index (κ1) is 38.1. The maximum atomic E-state index is 5.53. The lowest BCUT2D eigenvalue weighted by atomic mass is 9.77. The number of aromatic nitrogens is 2. The van der Waals surface area contributed by atoms with Gasteiger partial charge in [-0.1, -0.05) is 158 Å². The van der Waals surface area contributed by atoms with Crippen LogP contribution in [0.15, 0.2) is 194 Å². The van der Waals surface area contributed by atoms with Crippen LogP contribution in [0.4, 0.5) is 0 Å². The third-order valence-electron chi connectivity index (χ3n) is 12.3. The van der Waals surface area contributed by atoms with Gasteiger partial charge in [-0.2, -0.15) is 0 Å². The van der Waals surface area contributed by atoms with E-state index in [0.29, 0.717) is 0 Å². The molecule has 0 fully saturated rings. The molecule has 64 heavy (non-hydrogen) atoms. The van der Waals surface area contributed by atoms with Gasteiger partial charge in [0.2, 0.25) is 0 Å². The van der Waals surface area contributed by atoms with Crippen molar-refractivity contribution in [3.63, 3.8) is 0 Å². The number of hydrogen-bond acceptors (Lipinski definition) is 6. The summed E-state index contributed by atoms with van der Waals surface area (Å²) in [4.78, 5) is 10.1. The van der Waals surface area contributed by atoms with Crippen LogP contribution in [0.3, 0.4) is 0 Å². The summed E-state index contributed by atoms with van der Waals surface area (Å²) in [5, 5.41) is 9.23. The van der Waals surface area contributed by atoms with E-state index in [-0.39, 0.29) is 0 Å². The summed E-state index contributed by atoms with van der Waals surface area (Å²) in [6.07, 6.45) is 0. The number of benzene rings is 10. The Balaban J connectivity index is 1.17. The summed E-state index contributed by atoms with van der Waals surface area (Å²) >= 11 is 3.38. The number of thiazole rings is 2. The van der Waals surface area contributed by atoms with Crippen LogP contribution in [-0.4, -0.2) is 24.2 Å². The molecule has 0 radical (unpaired) electrons. The fraction of sp³-hybridized carbons (Fsp3) is 0.0345. The lowest BCUT2D eigenvalue weighted by Crippen LogP contribution is -1.97. The Hall–Kier alpha value is -7.64. The van der Waals surface area contributed by atoms with E-state index in [1.807, 2.05) is 24.3 Å². The molecule has 0 amide bonds. The van der Waals surface area contributed by atoms with Crippen molar-refractivity contribution < 1.29 is 9.47 Å². The second-order valence-electron chi connectivity index (χ2n) is 15.9. The van der Waals surface area contributed by atoms with Gasteiger partial charge in [0, 0.05) is 11.1 Å². The predicted octanol–water partition coefficient (Wildman–Crippen LogP) is 16.4. The maximum absolute atomic E-state index is 5.53. The highest BCUT2D eigenvalue weighted by atomic mass is 32.1. The maximum Gasteiger partial charge on any atom is 0.124 e. The van der Waals surface area contributed by atoms with Crippen molar-refractivity contribution >= 4 is 75.4 Å². The number of methoxy groups -OCH3 is 2. The summed E-state index contributed by atoms with van der Waals surface area (Å²) in [6.45, 7) is 0. The molecule has 2 aromatic heterocycles. The zero-order chi connectivity index (χ0) is 42.7. The Labute approximate surface area is 378 Å². The molecule has 0 aliphatic carbocycles. The molecule has 12 rings (SSSR count). The van der Waals surface area contributed by atoms with E-state index < -0.39 is 0 Å². The van der Waals surface area contributed by atoms with Crippen LogP contribution >= 0.6 is 22.7 Å². The monoisotopic (exact) mass is 858 g/mol. The van der Waals surface area contributed by atoms with E-state index in [1.165, 1.54) is 65.7 Å². The third-order valence-corrected chi connectivity index (χ3v) is 14.5. The van der Waals surface area contributed by atoms with Crippen LogP contribution in [0.25, 0.3) is 118 Å². The standard InChI is InChI=1S/C58H38N2O2S2/c1-61-41-29-31-47-49(33-41)63-57(59-47)39-25-21-37(22-26-39)53-45-19-11-12-20-46(45)54(38-23-27-40(28-24-38)58-60-48-32-30-42(62-2)34-50(48)64-58)56-52(36-15-7-4-8-16-36)44-18-10-9-17-43(44)51(55(53)56)35-13-5-3-6-14-35/h3-34H,1-2H3. The molecule has 0 N–H and O–H groups in total. The van der Waals surface area contributed by atoms with Gasteiger partial charge in [-0.3, -0.25) is 0 Å². The van der Waals surface area contributed by atoms with Crippen LogP contribution in [0.5, 0.6) is 11.5 Å². The fourth-order valence-electron chi connectivity index (χ4n) is 9.41. The Bertz CT molecular complexity index is 3480. The minimum Gasteiger partial charge on any atom is -0.497 e. The predicted molar refractivity (Wildman–Crippen MR) is 271 cm³/mol. The molecule has 0 atom stereocenters. The highest BCUT2D eigenvalue weighted by molar-refractivity contribution is 7.22. The molecule has 12 aromatic rings. The average molecular weight is 859 g/mol. The Morgan fingerprint density at radius 1 is 0.328 bits per heavy atom. The molecule has 0 aliphatic heterocycles. The largest absolute Gasteiger partial charge is 0.497 e. The molecule has 0 saturated carbocycles. The zero-order valence-electron chi connectivity index (χ0n) is 35.0. The number of hydrogen-bond donors (Lipinski definition) is 0. The van der Waals surface area contributed by atoms with Crippen molar-refractivity contribution in [3.8, 4) is 77.1 Å². The Kier molecular flexibility index (Phi) is 9.29. The number of ether oxygens (including phenoxy) is 2. The van der Waals surface area contributed by atoms with Gasteiger partial charge in [-0.25, -0.2) is 9.97 Å². The summed E-state index contributed by atoms with van der Waals surface area (Å²) in [6, 6.07) is 70.0. The Morgan fingerprint density at radius 3 is 0.984 bits per heavy atom. The normalized spacial score (nSPS) is 11.6. The minimum absolute atomic E-state index is 0.836. The van der Waals surface area contributed by atoms with Gasteiger partial charge in [0.1, 0.15) is 21.5 Å². The first-order chi connectivity index (χ1) is 31.6. The van der Waals surface area contributed by atoms with E-state index >= 15 is 0 Å². The van der Waals surface area contributed by atoms with E-state index in [1.54, 1.807) is 36.9 Å². The van der Waals surface area contributed by atoms with Crippen LogP contribution < -0.4 is 9.47 Å². The van der Waals surface area contributed by atoms with E-state index in [9.17, 15) is 0 Å². The number of fused-ring (bicyclic) bond motifs is 5. The van der Waals surface area contributed by atoms with Crippen LogP contribution in [0, 0.1) is 0 Å². The summed E-state index contributed by atoms with van der Waals surface area (Å²) in [7, 11) is 3.41. The first-order valence-electron chi connectivity index (χ1n) is 21.3. The number of rotatable bonds is 8. The van der Waals surface area contributed by atoms with Crippen molar-refractivity contribution in [3.05, 3.63) is 194 Å². The fourth-order valence-corrected chi connectivity index (χ4v) is 11.4. The minimum atomic E-state index is 0.836. The van der Waals surface area contributed by atoms with Crippen molar-refractivity contribution in [2.75, 3.05) is 14.2 Å². The van der Waals surface area contributed by atoms with E-state index in [2.05, 4.69) is 170 Å². The third kappa shape index (κ3) is 6.33. The van der Waals surface area contributed by atoms with Gasteiger partial charge in [0.25, 0.3) is 0 Å². The van der Waals surface area contributed by atoms with Crippen molar-refractivity contribution in [2.45, 2.75) is 0 Å². The molecule has 0 bridgehead atoms. The van der Waals surface area contributed by atoms with Crippen LogP contribution in [-0.2, 0) is 0 Å². The van der Waals surface area contributed by atoms with Crippen molar-refractivity contribution in [1.82, 2.24) is 9.97 Å². The molecule has 0 aliphatic rings. The molecule has 6 heteroatoms. The second-order valence-corrected chi connectivity index (χ2v) is 18.0. The van der Waals surface area contributed by atoms with Gasteiger partial charge in [0.05, 0.1) is 34.7 Å². The molecular weight excluding hydrogens is 821 g/mol. The van der Waals surface area contributed by atoms with E-state index in [0.717, 1.165) is 64.2 Å². The van der Waals surface area contributed by atoms with Crippen LogP contribution in [0.2, 0.25) is 0 Å². The quantitative estimate of drug-likeness (QED) is 0.143. The zero-order valence-corrected chi connectivity index (χ0v) is 36.6. The molecule has 2 heterocycles. The number of nitrogens with zero attached hydrogens (tertiary/aromatic N) is 2. The van der Waals surface area contributed by atoms with Gasteiger partial charge < -0.3 is 9.47 Å². The molecule has 0 saturated heterocycles. The topological polar surface area (TPSA) is 44.2 Å². The lowest BCUT2D eigenvalue weighted by molar-refractivity contribution is 0.415. The summed E-state index contributed by atoms with van der Waals surface area (Å²) in [5.41, 5.74) is 13.6. The van der Waals surface area contributed by atoms with Gasteiger partial charge >= 0.3 is 0 Å². The summed E-state index contributed by atoms with van der Waals surface area (Å²) in [5.74, 6) is 1.67. The van der Waals surface area contributed by atoms with Gasteiger partial charge in [0.15, 0.2) is 0 Å². The molecule has 10 aromatic carbocycles. The Morgan fingerprint density at radius 2 is 0.641 bits per heavy atom. The molecule has 4 nitrogen and oxygen atoms in total. The molecule has 0 spiro atoms.